The zero-order chi connectivity index (χ0) is 16.8. The molecule has 6 nitrogen and oxygen atoms in total. The summed E-state index contributed by atoms with van der Waals surface area (Å²) in [5.74, 6) is 0. The molecule has 3 rings (SSSR count). The predicted molar refractivity (Wildman–Crippen MR) is 94.1 cm³/mol. The molecule has 1 fully saturated rings. The zero-order valence-electron chi connectivity index (χ0n) is 14.0. The Morgan fingerprint density at radius 2 is 2.09 bits per heavy atom. The van der Waals surface area contributed by atoms with Crippen molar-refractivity contribution in [3.8, 4) is 0 Å². The first-order chi connectivity index (χ1) is 10.6. The van der Waals surface area contributed by atoms with Gasteiger partial charge in [0.05, 0.1) is 17.1 Å². The minimum atomic E-state index is -2.96. The monoisotopic (exact) mass is 356 g/mol. The van der Waals surface area contributed by atoms with E-state index in [1.54, 1.807) is 0 Å². The Balaban J connectivity index is 1.73. The van der Waals surface area contributed by atoms with Crippen LogP contribution in [0.3, 0.4) is 0 Å². The van der Waals surface area contributed by atoms with Gasteiger partial charge in [0.2, 0.25) is 10.1 Å². The van der Waals surface area contributed by atoms with Crippen LogP contribution in [-0.4, -0.2) is 40.6 Å². The Kier molecular flexibility index (Phi) is 4.16. The minimum Gasteiger partial charge on any atom is -0.357 e. The molecule has 0 spiro atoms. The molecular weight excluding hydrogens is 332 g/mol. The van der Waals surface area contributed by atoms with Crippen molar-refractivity contribution in [2.24, 2.45) is 0 Å². The van der Waals surface area contributed by atoms with E-state index in [1.165, 1.54) is 17.6 Å². The van der Waals surface area contributed by atoms with Gasteiger partial charge >= 0.3 is 0 Å². The summed E-state index contributed by atoms with van der Waals surface area (Å²) in [6.45, 7) is 6.39. The number of sulfone groups is 1. The van der Waals surface area contributed by atoms with Crippen LogP contribution in [0.15, 0.2) is 6.20 Å². The lowest BCUT2D eigenvalue weighted by molar-refractivity contribution is 0.452. The van der Waals surface area contributed by atoms with Crippen molar-refractivity contribution in [2.45, 2.75) is 63.2 Å². The second kappa shape index (κ2) is 5.73. The fourth-order valence-corrected chi connectivity index (χ4v) is 4.99. The molecule has 0 bridgehead atoms. The van der Waals surface area contributed by atoms with Gasteiger partial charge in [-0.3, -0.25) is 0 Å². The van der Waals surface area contributed by atoms with E-state index in [-0.39, 0.29) is 16.7 Å². The van der Waals surface area contributed by atoms with E-state index < -0.39 is 9.84 Å². The summed E-state index contributed by atoms with van der Waals surface area (Å²) in [4.78, 5) is 5.50. The van der Waals surface area contributed by atoms with Gasteiger partial charge in [0.15, 0.2) is 0 Å². The standard InChI is InChI=1S/C15H24N4O2S2/c1-15(2,3)12-9-19-14(17-12)22-13(18-19)16-10-6-5-7-11(8-10)23(4,20)21/h9-11H,5-8H2,1-4H3,(H,16,18). The number of imidazole rings is 1. The molecule has 1 saturated carbocycles. The fraction of sp³-hybridized carbons (Fsp3) is 0.733. The molecule has 1 N–H and O–H groups in total. The Morgan fingerprint density at radius 1 is 1.35 bits per heavy atom. The summed E-state index contributed by atoms with van der Waals surface area (Å²) < 4.78 is 25.3. The second-order valence-corrected chi connectivity index (χ2v) is 10.8. The smallest absolute Gasteiger partial charge is 0.214 e. The molecule has 1 aliphatic rings. The highest BCUT2D eigenvalue weighted by molar-refractivity contribution is 7.91. The number of anilines is 1. The maximum absolute atomic E-state index is 11.8. The molecule has 23 heavy (non-hydrogen) atoms. The normalized spacial score (nSPS) is 23.3. The van der Waals surface area contributed by atoms with Crippen LogP contribution in [0.25, 0.3) is 4.96 Å². The van der Waals surface area contributed by atoms with Crippen LogP contribution >= 0.6 is 11.3 Å². The molecule has 2 aromatic heterocycles. The molecule has 0 radical (unpaired) electrons. The summed E-state index contributed by atoms with van der Waals surface area (Å²) >= 11 is 1.52. The van der Waals surface area contributed by atoms with Crippen molar-refractivity contribution in [1.82, 2.24) is 14.6 Å². The van der Waals surface area contributed by atoms with Gasteiger partial charge in [0, 0.05) is 17.7 Å². The van der Waals surface area contributed by atoms with Crippen LogP contribution in [0.4, 0.5) is 5.13 Å². The minimum absolute atomic E-state index is 0.00703. The molecule has 128 valence electrons. The van der Waals surface area contributed by atoms with Crippen molar-refractivity contribution < 1.29 is 8.42 Å². The van der Waals surface area contributed by atoms with Crippen molar-refractivity contribution >= 4 is 31.3 Å². The molecule has 0 saturated heterocycles. The van der Waals surface area contributed by atoms with E-state index in [0.717, 1.165) is 35.0 Å². The summed E-state index contributed by atoms with van der Waals surface area (Å²) in [7, 11) is -2.96. The first-order valence-corrected chi connectivity index (χ1v) is 10.7. The summed E-state index contributed by atoms with van der Waals surface area (Å²) in [6.07, 6.45) is 6.66. The van der Waals surface area contributed by atoms with Gasteiger partial charge in [-0.15, -0.1) is 5.10 Å². The lowest BCUT2D eigenvalue weighted by Crippen LogP contribution is -2.34. The highest BCUT2D eigenvalue weighted by atomic mass is 32.2. The quantitative estimate of drug-likeness (QED) is 0.915. The number of aromatic nitrogens is 3. The van der Waals surface area contributed by atoms with Gasteiger partial charge in [-0.1, -0.05) is 38.5 Å². The summed E-state index contributed by atoms with van der Waals surface area (Å²) in [5, 5.41) is 8.52. The number of nitrogens with zero attached hydrogens (tertiary/aromatic N) is 3. The molecule has 2 atom stereocenters. The topological polar surface area (TPSA) is 76.4 Å². The summed E-state index contributed by atoms with van der Waals surface area (Å²) in [5.41, 5.74) is 1.03. The van der Waals surface area contributed by atoms with Gasteiger partial charge in [-0.05, 0) is 19.3 Å². The lowest BCUT2D eigenvalue weighted by atomic mass is 9.93. The molecule has 2 aromatic rings. The molecule has 1 aliphatic carbocycles. The first-order valence-electron chi connectivity index (χ1n) is 7.95. The van der Waals surface area contributed by atoms with Gasteiger partial charge in [0.1, 0.15) is 9.84 Å². The SMILES string of the molecule is CC(C)(C)c1cn2nc(NC3CCCC(S(C)(=O)=O)C3)sc2n1. The van der Waals surface area contributed by atoms with Crippen molar-refractivity contribution in [1.29, 1.82) is 0 Å². The molecule has 2 unspecified atom stereocenters. The molecule has 2 heterocycles. The van der Waals surface area contributed by atoms with Crippen LogP contribution < -0.4 is 5.32 Å². The largest absolute Gasteiger partial charge is 0.357 e. The third-order valence-electron chi connectivity index (χ3n) is 4.37. The predicted octanol–water partition coefficient (Wildman–Crippen LogP) is 2.86. The van der Waals surface area contributed by atoms with E-state index in [9.17, 15) is 8.42 Å². The van der Waals surface area contributed by atoms with Crippen molar-refractivity contribution in [3.63, 3.8) is 0 Å². The molecule has 8 heteroatoms. The third-order valence-corrected chi connectivity index (χ3v) is 6.86. The summed E-state index contributed by atoms with van der Waals surface area (Å²) in [6, 6.07) is 0.168. The van der Waals surface area contributed by atoms with E-state index in [2.05, 4.69) is 36.2 Å². The van der Waals surface area contributed by atoms with Gasteiger partial charge in [-0.25, -0.2) is 17.9 Å². The van der Waals surface area contributed by atoms with Gasteiger partial charge in [0.25, 0.3) is 0 Å². The first kappa shape index (κ1) is 16.7. The number of hydrogen-bond acceptors (Lipinski definition) is 6. The van der Waals surface area contributed by atoms with Crippen LogP contribution in [0.1, 0.15) is 52.1 Å². The highest BCUT2D eigenvalue weighted by Crippen LogP contribution is 2.29. The average molecular weight is 357 g/mol. The van der Waals surface area contributed by atoms with E-state index in [1.807, 2.05) is 10.7 Å². The molecule has 0 aliphatic heterocycles. The van der Waals surface area contributed by atoms with Crippen LogP contribution in [0.5, 0.6) is 0 Å². The van der Waals surface area contributed by atoms with Crippen LogP contribution in [-0.2, 0) is 15.3 Å². The number of hydrogen-bond donors (Lipinski definition) is 1. The van der Waals surface area contributed by atoms with Crippen molar-refractivity contribution in [3.05, 3.63) is 11.9 Å². The fourth-order valence-electron chi connectivity index (χ4n) is 2.96. The maximum atomic E-state index is 11.8. The van der Waals surface area contributed by atoms with Gasteiger partial charge < -0.3 is 5.32 Å². The molecule has 0 amide bonds. The van der Waals surface area contributed by atoms with E-state index >= 15 is 0 Å². The Labute approximate surface area is 141 Å². The Hall–Kier alpha value is -1.15. The maximum Gasteiger partial charge on any atom is 0.214 e. The van der Waals surface area contributed by atoms with Crippen LogP contribution in [0.2, 0.25) is 0 Å². The zero-order valence-corrected chi connectivity index (χ0v) is 15.7. The highest BCUT2D eigenvalue weighted by Gasteiger charge is 2.29. The van der Waals surface area contributed by atoms with Crippen molar-refractivity contribution in [2.75, 3.05) is 11.6 Å². The Morgan fingerprint density at radius 3 is 2.70 bits per heavy atom. The number of rotatable bonds is 3. The number of fused-ring (bicyclic) bond motifs is 1. The van der Waals surface area contributed by atoms with Gasteiger partial charge in [-0.2, -0.15) is 0 Å². The number of nitrogens with one attached hydrogen (secondary N) is 1. The van der Waals surface area contributed by atoms with E-state index in [4.69, 9.17) is 0 Å². The second-order valence-electron chi connectivity index (χ2n) is 7.47. The molecular formula is C15H24N4O2S2. The lowest BCUT2D eigenvalue weighted by Gasteiger charge is -2.28. The van der Waals surface area contributed by atoms with E-state index in [0.29, 0.717) is 6.42 Å². The third kappa shape index (κ3) is 3.68. The van der Waals surface area contributed by atoms with Crippen LogP contribution in [0, 0.1) is 0 Å². The average Bonchev–Trinajstić information content (AvgIpc) is 2.95. The molecule has 0 aromatic carbocycles. The Bertz CT molecular complexity index is 770.